The van der Waals surface area contributed by atoms with Crippen molar-refractivity contribution in [1.29, 1.82) is 0 Å². The molecule has 1 aromatic heterocycles. The molecule has 168 valence electrons. The Labute approximate surface area is 183 Å². The van der Waals surface area contributed by atoms with Gasteiger partial charge in [0, 0.05) is 38.8 Å². The van der Waals surface area contributed by atoms with Crippen LogP contribution in [0.3, 0.4) is 0 Å². The minimum absolute atomic E-state index is 0. The molecule has 1 aliphatic rings. The molecule has 1 fully saturated rings. The third-order valence-electron chi connectivity index (χ3n) is 5.23. The molecular formula is C23H31FN4O3. The van der Waals surface area contributed by atoms with Crippen LogP contribution in [0, 0.1) is 5.82 Å². The number of aryl methyl sites for hydroxylation is 2. The van der Waals surface area contributed by atoms with Crippen molar-refractivity contribution in [3.63, 3.8) is 0 Å². The van der Waals surface area contributed by atoms with Crippen LogP contribution in [0.2, 0.25) is 0 Å². The van der Waals surface area contributed by atoms with E-state index >= 15 is 0 Å². The van der Waals surface area contributed by atoms with Gasteiger partial charge in [0.2, 0.25) is 5.91 Å². The maximum atomic E-state index is 14.3. The van der Waals surface area contributed by atoms with Crippen LogP contribution in [0.25, 0.3) is 0 Å². The lowest BCUT2D eigenvalue weighted by Gasteiger charge is -2.35. The average molecular weight is 431 g/mol. The van der Waals surface area contributed by atoms with Crippen LogP contribution in [-0.2, 0) is 33.8 Å². The van der Waals surface area contributed by atoms with Gasteiger partial charge in [-0.1, -0.05) is 19.6 Å². The fourth-order valence-electron chi connectivity index (χ4n) is 3.40. The van der Waals surface area contributed by atoms with Gasteiger partial charge >= 0.3 is 5.97 Å². The molecule has 7 nitrogen and oxygen atoms in total. The molecule has 0 radical (unpaired) electrons. The summed E-state index contributed by atoms with van der Waals surface area (Å²) >= 11 is 0. The van der Waals surface area contributed by atoms with Crippen molar-refractivity contribution in [3.8, 4) is 0 Å². The summed E-state index contributed by atoms with van der Waals surface area (Å²) < 4.78 is 19.3. The minimum Gasteiger partial charge on any atom is -0.460 e. The number of benzene rings is 1. The number of hydrogen-bond acceptors (Lipinski definition) is 6. The van der Waals surface area contributed by atoms with Gasteiger partial charge in [-0.25, -0.2) is 4.39 Å². The smallest absolute Gasteiger partial charge is 0.320 e. The Morgan fingerprint density at radius 3 is 2.45 bits per heavy atom. The summed E-state index contributed by atoms with van der Waals surface area (Å²) in [6, 6.07) is 8.84. The summed E-state index contributed by atoms with van der Waals surface area (Å²) in [7, 11) is 0. The number of amides is 1. The molecule has 0 spiro atoms. The summed E-state index contributed by atoms with van der Waals surface area (Å²) in [5.74, 6) is -0.731. The molecule has 0 atom stereocenters. The molecule has 1 aromatic carbocycles. The highest BCUT2D eigenvalue weighted by Crippen LogP contribution is 2.18. The first kappa shape index (κ1) is 24.3. The number of aromatic nitrogens is 1. The molecule has 0 saturated carbocycles. The van der Waals surface area contributed by atoms with E-state index in [1.807, 2.05) is 23.2 Å². The van der Waals surface area contributed by atoms with Crippen molar-refractivity contribution in [2.75, 3.05) is 37.6 Å². The molecule has 2 N–H and O–H groups in total. The van der Waals surface area contributed by atoms with E-state index in [2.05, 4.69) is 9.88 Å². The second kappa shape index (κ2) is 11.4. The fraction of sp³-hybridized carbons (Fsp3) is 0.435. The maximum absolute atomic E-state index is 14.3. The first-order valence-electron chi connectivity index (χ1n) is 10.0. The van der Waals surface area contributed by atoms with Gasteiger partial charge in [0.05, 0.1) is 18.4 Å². The van der Waals surface area contributed by atoms with Crippen LogP contribution in [0.1, 0.15) is 31.2 Å². The number of carbonyl (C=O) groups excluding carboxylic acids is 2. The number of esters is 1. The van der Waals surface area contributed by atoms with E-state index in [-0.39, 0.29) is 32.3 Å². The number of pyridine rings is 1. The number of piperazine rings is 1. The number of halogens is 1. The highest BCUT2D eigenvalue weighted by molar-refractivity contribution is 5.73. The van der Waals surface area contributed by atoms with E-state index in [0.29, 0.717) is 24.0 Å². The van der Waals surface area contributed by atoms with Crippen LogP contribution >= 0.6 is 0 Å². The van der Waals surface area contributed by atoms with E-state index in [1.54, 1.807) is 19.1 Å². The number of anilines is 1. The Balaban J connectivity index is 0.00000341. The fourth-order valence-corrected chi connectivity index (χ4v) is 3.40. The molecule has 1 saturated heterocycles. The van der Waals surface area contributed by atoms with Crippen molar-refractivity contribution in [2.24, 2.45) is 5.73 Å². The van der Waals surface area contributed by atoms with Gasteiger partial charge in [-0.2, -0.15) is 0 Å². The molecule has 0 unspecified atom stereocenters. The molecule has 1 aliphatic heterocycles. The molecule has 1 amide bonds. The van der Waals surface area contributed by atoms with E-state index in [1.165, 1.54) is 6.07 Å². The second-order valence-electron chi connectivity index (χ2n) is 7.29. The number of hydrogen-bond donors (Lipinski definition) is 1. The van der Waals surface area contributed by atoms with Gasteiger partial charge in [0.15, 0.2) is 0 Å². The molecule has 0 aliphatic carbocycles. The predicted molar refractivity (Wildman–Crippen MR) is 118 cm³/mol. The van der Waals surface area contributed by atoms with E-state index < -0.39 is 5.97 Å². The van der Waals surface area contributed by atoms with Crippen molar-refractivity contribution in [1.82, 2.24) is 9.88 Å². The van der Waals surface area contributed by atoms with Crippen LogP contribution in [0.15, 0.2) is 36.5 Å². The first-order chi connectivity index (χ1) is 14.5. The zero-order valence-corrected chi connectivity index (χ0v) is 17.1. The van der Waals surface area contributed by atoms with E-state index in [0.717, 1.165) is 37.6 Å². The summed E-state index contributed by atoms with van der Waals surface area (Å²) in [5, 5.41) is 0. The zero-order chi connectivity index (χ0) is 21.5. The van der Waals surface area contributed by atoms with Crippen molar-refractivity contribution < 1.29 is 18.7 Å². The van der Waals surface area contributed by atoms with Crippen LogP contribution in [0.4, 0.5) is 10.1 Å². The Morgan fingerprint density at radius 2 is 1.87 bits per heavy atom. The average Bonchev–Trinajstić information content (AvgIpc) is 2.77. The highest BCUT2D eigenvalue weighted by Gasteiger charge is 2.18. The third kappa shape index (κ3) is 6.75. The van der Waals surface area contributed by atoms with Gasteiger partial charge in [0.25, 0.3) is 0 Å². The lowest BCUT2D eigenvalue weighted by atomic mass is 10.0. The second-order valence-corrected chi connectivity index (χ2v) is 7.29. The molecule has 8 heteroatoms. The molecule has 31 heavy (non-hydrogen) atoms. The SMILES string of the molecule is C.CC(=O)N1CCN(c2ccc(CCc3ccc(COC(=O)CN)cc3F)nc2)CC1. The Kier molecular flexibility index (Phi) is 8.93. The summed E-state index contributed by atoms with van der Waals surface area (Å²) in [6.07, 6.45) is 2.99. The first-order valence-corrected chi connectivity index (χ1v) is 10.0. The normalized spacial score (nSPS) is 13.5. The standard InChI is InChI=1S/C22H27FN4O3.CH4/c1-16(28)26-8-10-27(11-9-26)20-7-6-19(25-14-20)5-4-18-3-2-17(12-21(18)23)15-30-22(29)13-24;/h2-3,6-7,12,14H,4-5,8-11,13,15,24H2,1H3;1H4. The number of carbonyl (C=O) groups is 2. The van der Waals surface area contributed by atoms with Gasteiger partial charge in [-0.05, 0) is 42.2 Å². The van der Waals surface area contributed by atoms with Gasteiger partial charge in [-0.15, -0.1) is 0 Å². The van der Waals surface area contributed by atoms with E-state index in [4.69, 9.17) is 10.5 Å². The summed E-state index contributed by atoms with van der Waals surface area (Å²) in [6.45, 7) is 4.43. The quantitative estimate of drug-likeness (QED) is 0.678. The lowest BCUT2D eigenvalue weighted by Crippen LogP contribution is -2.48. The van der Waals surface area contributed by atoms with Crippen molar-refractivity contribution in [3.05, 3.63) is 59.2 Å². The monoisotopic (exact) mass is 430 g/mol. The lowest BCUT2D eigenvalue weighted by molar-refractivity contribution is -0.143. The molecule has 2 aromatic rings. The number of ether oxygens (including phenoxy) is 1. The van der Waals surface area contributed by atoms with Crippen molar-refractivity contribution in [2.45, 2.75) is 33.8 Å². The van der Waals surface area contributed by atoms with Crippen LogP contribution in [-0.4, -0.2) is 54.5 Å². The van der Waals surface area contributed by atoms with Gasteiger partial charge in [0.1, 0.15) is 12.4 Å². The van der Waals surface area contributed by atoms with Crippen molar-refractivity contribution >= 4 is 17.6 Å². The van der Waals surface area contributed by atoms with Gasteiger partial charge in [-0.3, -0.25) is 14.6 Å². The predicted octanol–water partition coefficient (Wildman–Crippen LogP) is 2.31. The van der Waals surface area contributed by atoms with E-state index in [9.17, 15) is 14.0 Å². The Morgan fingerprint density at radius 1 is 1.13 bits per heavy atom. The highest BCUT2D eigenvalue weighted by atomic mass is 19.1. The number of nitrogens with two attached hydrogens (primary N) is 1. The number of rotatable bonds is 7. The largest absolute Gasteiger partial charge is 0.460 e. The van der Waals surface area contributed by atoms with Gasteiger partial charge < -0.3 is 20.3 Å². The Bertz CT molecular complexity index is 881. The Hall–Kier alpha value is -3.00. The summed E-state index contributed by atoms with van der Waals surface area (Å²) in [5.41, 5.74) is 8.28. The maximum Gasteiger partial charge on any atom is 0.320 e. The zero-order valence-electron chi connectivity index (χ0n) is 17.1. The molecule has 2 heterocycles. The number of nitrogens with zero attached hydrogens (tertiary/aromatic N) is 3. The van der Waals surface area contributed by atoms with Crippen LogP contribution < -0.4 is 10.6 Å². The summed E-state index contributed by atoms with van der Waals surface area (Å²) in [4.78, 5) is 31.1. The van der Waals surface area contributed by atoms with Crippen LogP contribution in [0.5, 0.6) is 0 Å². The minimum atomic E-state index is -0.519. The third-order valence-corrected chi connectivity index (χ3v) is 5.23. The topological polar surface area (TPSA) is 88.8 Å². The molecule has 0 bridgehead atoms. The molecule has 3 rings (SSSR count). The molecular weight excluding hydrogens is 399 g/mol.